The molecule has 45 heavy (non-hydrogen) atoms. The summed E-state index contributed by atoms with van der Waals surface area (Å²) in [6, 6.07) is 0. The lowest BCUT2D eigenvalue weighted by Gasteiger charge is -2.63. The average molecular weight is 633 g/mol. The molecule has 9 nitrogen and oxygen atoms in total. The summed E-state index contributed by atoms with van der Waals surface area (Å²) in [6.07, 6.45) is 5.71. The van der Waals surface area contributed by atoms with Crippen LogP contribution in [0, 0.1) is 50.7 Å². The second-order valence-electron chi connectivity index (χ2n) is 17.4. The summed E-state index contributed by atoms with van der Waals surface area (Å²) >= 11 is 0. The monoisotopic (exact) mass is 632 g/mol. The normalized spacial score (nSPS) is 49.2. The first-order chi connectivity index (χ1) is 20.9. The van der Waals surface area contributed by atoms with Crippen molar-refractivity contribution in [3.8, 4) is 0 Å². The lowest BCUT2D eigenvalue weighted by atomic mass is 9.41. The first kappa shape index (κ1) is 33.5. The molecule has 6 aliphatic rings. The van der Waals surface area contributed by atoms with Crippen molar-refractivity contribution in [2.75, 3.05) is 6.61 Å². The van der Waals surface area contributed by atoms with E-state index in [-0.39, 0.29) is 57.7 Å². The van der Waals surface area contributed by atoms with Gasteiger partial charge < -0.3 is 34.0 Å². The van der Waals surface area contributed by atoms with Crippen molar-refractivity contribution in [2.24, 2.45) is 50.7 Å². The van der Waals surface area contributed by atoms with Gasteiger partial charge in [0, 0.05) is 12.3 Å². The molecule has 5 saturated carbocycles. The van der Waals surface area contributed by atoms with Gasteiger partial charge in [0.1, 0.15) is 12.9 Å². The molecular formula is C36H56O9. The van der Waals surface area contributed by atoms with E-state index in [0.29, 0.717) is 30.8 Å². The van der Waals surface area contributed by atoms with Crippen LogP contribution < -0.4 is 0 Å². The molecule has 0 aromatic carbocycles. The average Bonchev–Trinajstić information content (AvgIpc) is 3.59. The van der Waals surface area contributed by atoms with Crippen LogP contribution in [0.1, 0.15) is 107 Å². The molecule has 0 aromatic rings. The topological polar surface area (TPSA) is 129 Å². The summed E-state index contributed by atoms with van der Waals surface area (Å²) in [5.41, 5.74) is -1.55. The van der Waals surface area contributed by atoms with E-state index in [2.05, 4.69) is 34.6 Å². The number of rotatable bonds is 9. The second kappa shape index (κ2) is 10.8. The molecular weight excluding hydrogens is 576 g/mol. The van der Waals surface area contributed by atoms with Gasteiger partial charge in [0.2, 0.25) is 6.29 Å². The van der Waals surface area contributed by atoms with E-state index in [1.54, 1.807) is 13.8 Å². The number of aliphatic hydroxyl groups excluding tert-OH is 1. The summed E-state index contributed by atoms with van der Waals surface area (Å²) in [6.45, 7) is 16.1. The van der Waals surface area contributed by atoms with Crippen LogP contribution in [0.3, 0.4) is 0 Å². The maximum Gasteiger partial charge on any atom is 0.303 e. The molecule has 5 aliphatic carbocycles. The van der Waals surface area contributed by atoms with Crippen molar-refractivity contribution in [1.29, 1.82) is 0 Å². The third kappa shape index (κ3) is 4.53. The summed E-state index contributed by atoms with van der Waals surface area (Å²) in [7, 11) is 0. The smallest absolute Gasteiger partial charge is 0.303 e. The second-order valence-corrected chi connectivity index (χ2v) is 17.4. The molecule has 254 valence electrons. The fourth-order valence-corrected chi connectivity index (χ4v) is 13.0. The van der Waals surface area contributed by atoms with Gasteiger partial charge in [-0.2, -0.15) is 0 Å². The molecule has 9 heteroatoms. The molecule has 1 saturated heterocycles. The number of fused-ring (bicyclic) bond motifs is 4. The fraction of sp³-hybridized carbons (Fsp3) is 0.917. The van der Waals surface area contributed by atoms with E-state index >= 15 is 0 Å². The largest absolute Gasteiger partial charge is 0.457 e. The highest BCUT2D eigenvalue weighted by Crippen LogP contribution is 2.89. The van der Waals surface area contributed by atoms with Crippen LogP contribution in [0.4, 0.5) is 0 Å². The number of aliphatic hydroxyl groups is 2. The fourth-order valence-electron chi connectivity index (χ4n) is 13.0. The number of hydrogen-bond acceptors (Lipinski definition) is 9. The predicted molar refractivity (Wildman–Crippen MR) is 165 cm³/mol. The van der Waals surface area contributed by atoms with Crippen molar-refractivity contribution in [3.63, 3.8) is 0 Å². The third-order valence-corrected chi connectivity index (χ3v) is 14.8. The zero-order valence-corrected chi connectivity index (χ0v) is 28.5. The Morgan fingerprint density at radius 1 is 1.04 bits per heavy atom. The van der Waals surface area contributed by atoms with Gasteiger partial charge in [-0.25, -0.2) is 0 Å². The van der Waals surface area contributed by atoms with Gasteiger partial charge in [-0.3, -0.25) is 9.59 Å². The Bertz CT molecular complexity index is 1200. The van der Waals surface area contributed by atoms with E-state index in [9.17, 15) is 24.6 Å². The van der Waals surface area contributed by atoms with Gasteiger partial charge in [0.25, 0.3) is 0 Å². The molecule has 2 N–H and O–H groups in total. The van der Waals surface area contributed by atoms with Crippen LogP contribution in [-0.4, -0.2) is 77.8 Å². The highest BCUT2D eigenvalue weighted by molar-refractivity contribution is 5.66. The molecule has 0 amide bonds. The number of aldehydes is 2. The first-order valence-electron chi connectivity index (χ1n) is 17.3. The highest BCUT2D eigenvalue weighted by Gasteiger charge is 2.84. The Balaban J connectivity index is 1.27. The van der Waals surface area contributed by atoms with E-state index in [1.807, 2.05) is 0 Å². The SMILES string of the molecule is CC(=O)O[C@@H]([C@H]1C[C@@H](C)C2[C@H](O1)[C@H](O)[C@@]1(C)[C@@H]3CC[C@H]4C(C)(C)[C@@H](O[C@@H](C=O)OCC=O)CC[C@@]45C[C@@]35CC[C@]21C)C(C)(C)O. The van der Waals surface area contributed by atoms with Crippen LogP contribution in [0.2, 0.25) is 0 Å². The lowest BCUT2D eigenvalue weighted by Crippen LogP contribution is -2.60. The molecule has 6 fully saturated rings. The van der Waals surface area contributed by atoms with Gasteiger partial charge in [-0.1, -0.05) is 34.6 Å². The van der Waals surface area contributed by atoms with E-state index < -0.39 is 36.2 Å². The van der Waals surface area contributed by atoms with E-state index in [0.717, 1.165) is 38.5 Å². The number of esters is 1. The molecule has 1 heterocycles. The van der Waals surface area contributed by atoms with Crippen LogP contribution >= 0.6 is 0 Å². The van der Waals surface area contributed by atoms with Crippen molar-refractivity contribution in [3.05, 3.63) is 0 Å². The quantitative estimate of drug-likeness (QED) is 0.212. The van der Waals surface area contributed by atoms with E-state index in [1.165, 1.54) is 13.3 Å². The minimum atomic E-state index is -1.28. The summed E-state index contributed by atoms with van der Waals surface area (Å²) < 4.78 is 24.0. The Morgan fingerprint density at radius 3 is 2.33 bits per heavy atom. The van der Waals surface area contributed by atoms with Gasteiger partial charge in [0.15, 0.2) is 12.4 Å². The Hall–Kier alpha value is -1.39. The number of carbonyl (C=O) groups excluding carboxylic acids is 3. The third-order valence-electron chi connectivity index (χ3n) is 14.8. The zero-order chi connectivity index (χ0) is 33.0. The summed E-state index contributed by atoms with van der Waals surface area (Å²) in [5, 5.41) is 23.4. The minimum Gasteiger partial charge on any atom is -0.457 e. The van der Waals surface area contributed by atoms with Crippen LogP contribution in [0.15, 0.2) is 0 Å². The predicted octanol–water partition coefficient (Wildman–Crippen LogP) is 4.63. The van der Waals surface area contributed by atoms with Crippen LogP contribution in [0.25, 0.3) is 0 Å². The molecule has 0 bridgehead atoms. The number of hydrogen-bond donors (Lipinski definition) is 2. The standard InChI is InChI=1S/C36H56O9/c1-20-17-22(30(32(5,6)41)43-21(2)39)44-28-27(20)33(7)13-14-36-19-35(36)12-11-25(45-26(18-38)42-16-15-37)31(3,4)23(35)9-10-24(36)34(33,8)29(28)40/h15,18,20,22-30,40-41H,9-14,16-17,19H2,1-8H3/t20-,22-,23+,24+,25+,26+,27?,28+,29+,30+,33-,34-,35-,36+/m1/s1. The van der Waals surface area contributed by atoms with Gasteiger partial charge in [-0.05, 0) is 111 Å². The van der Waals surface area contributed by atoms with Gasteiger partial charge in [-0.15, -0.1) is 0 Å². The Morgan fingerprint density at radius 2 is 1.71 bits per heavy atom. The number of ether oxygens (including phenoxy) is 4. The van der Waals surface area contributed by atoms with Crippen molar-refractivity contribution in [1.82, 2.24) is 0 Å². The highest BCUT2D eigenvalue weighted by atomic mass is 16.7. The number of carbonyl (C=O) groups is 3. The summed E-state index contributed by atoms with van der Waals surface area (Å²) in [5.74, 6) is 0.748. The maximum atomic E-state index is 12.5. The lowest BCUT2D eigenvalue weighted by molar-refractivity contribution is -0.224. The first-order valence-corrected chi connectivity index (χ1v) is 17.3. The summed E-state index contributed by atoms with van der Waals surface area (Å²) in [4.78, 5) is 34.6. The van der Waals surface area contributed by atoms with Crippen molar-refractivity contribution >= 4 is 18.5 Å². The molecule has 1 unspecified atom stereocenters. The Kier molecular flexibility index (Phi) is 8.05. The van der Waals surface area contributed by atoms with Gasteiger partial charge >= 0.3 is 5.97 Å². The molecule has 0 radical (unpaired) electrons. The van der Waals surface area contributed by atoms with Crippen molar-refractivity contribution < 1.29 is 43.5 Å². The van der Waals surface area contributed by atoms with Crippen LogP contribution in [0.5, 0.6) is 0 Å². The maximum absolute atomic E-state index is 12.5. The van der Waals surface area contributed by atoms with E-state index in [4.69, 9.17) is 18.9 Å². The van der Waals surface area contributed by atoms with Gasteiger partial charge in [0.05, 0.1) is 30.0 Å². The van der Waals surface area contributed by atoms with Crippen LogP contribution in [-0.2, 0) is 33.3 Å². The molecule has 0 aromatic heterocycles. The molecule has 6 rings (SSSR count). The molecule has 14 atom stereocenters. The Labute approximate surface area is 268 Å². The van der Waals surface area contributed by atoms with Crippen molar-refractivity contribution in [2.45, 2.75) is 149 Å². The molecule has 1 aliphatic heterocycles. The zero-order valence-electron chi connectivity index (χ0n) is 28.5. The minimum absolute atomic E-state index is 0.109. The molecule has 2 spiro atoms.